The SMILES string of the molecule is CC(C)OCCN(Cc1ccc(Cl)c(Cl)c1)Cc1ccccn1. The average Bonchev–Trinajstić information content (AvgIpc) is 2.51. The third-order valence-corrected chi connectivity index (χ3v) is 4.10. The van der Waals surface area contributed by atoms with Crippen molar-refractivity contribution in [2.24, 2.45) is 0 Å². The van der Waals surface area contributed by atoms with Gasteiger partial charge in [0.25, 0.3) is 0 Å². The van der Waals surface area contributed by atoms with Crippen LogP contribution < -0.4 is 0 Å². The lowest BCUT2D eigenvalue weighted by Crippen LogP contribution is -2.28. The Morgan fingerprint density at radius 1 is 1.09 bits per heavy atom. The Kier molecular flexibility index (Phi) is 7.31. The number of hydrogen-bond donors (Lipinski definition) is 0. The Labute approximate surface area is 148 Å². The highest BCUT2D eigenvalue weighted by Gasteiger charge is 2.10. The van der Waals surface area contributed by atoms with Crippen LogP contribution in [0, 0.1) is 0 Å². The third-order valence-electron chi connectivity index (χ3n) is 3.36. The normalized spacial score (nSPS) is 11.4. The fraction of sp³-hybridized carbons (Fsp3) is 0.389. The van der Waals surface area contributed by atoms with Crippen LogP contribution in [0.2, 0.25) is 10.0 Å². The Bertz CT molecular complexity index is 605. The molecule has 0 unspecified atom stereocenters. The van der Waals surface area contributed by atoms with E-state index in [-0.39, 0.29) is 6.10 Å². The van der Waals surface area contributed by atoms with Crippen LogP contribution >= 0.6 is 23.2 Å². The van der Waals surface area contributed by atoms with Crippen LogP contribution in [0.1, 0.15) is 25.1 Å². The van der Waals surface area contributed by atoms with E-state index in [9.17, 15) is 0 Å². The minimum absolute atomic E-state index is 0.233. The number of pyridine rings is 1. The molecule has 0 bridgehead atoms. The van der Waals surface area contributed by atoms with Crippen LogP contribution in [0.4, 0.5) is 0 Å². The van der Waals surface area contributed by atoms with Crippen molar-refractivity contribution in [1.82, 2.24) is 9.88 Å². The minimum Gasteiger partial charge on any atom is -0.377 e. The van der Waals surface area contributed by atoms with Gasteiger partial charge >= 0.3 is 0 Å². The average molecular weight is 353 g/mol. The molecule has 0 fully saturated rings. The Balaban J connectivity index is 2.03. The highest BCUT2D eigenvalue weighted by Crippen LogP contribution is 2.23. The van der Waals surface area contributed by atoms with Crippen molar-refractivity contribution in [2.75, 3.05) is 13.2 Å². The molecule has 0 aliphatic heterocycles. The number of benzene rings is 1. The second-order valence-electron chi connectivity index (χ2n) is 5.70. The monoisotopic (exact) mass is 352 g/mol. The van der Waals surface area contributed by atoms with Crippen molar-refractivity contribution >= 4 is 23.2 Å². The molecule has 0 spiro atoms. The Morgan fingerprint density at radius 2 is 1.91 bits per heavy atom. The van der Waals surface area contributed by atoms with E-state index in [1.807, 2.05) is 56.4 Å². The highest BCUT2D eigenvalue weighted by molar-refractivity contribution is 6.42. The number of nitrogens with zero attached hydrogens (tertiary/aromatic N) is 2. The fourth-order valence-corrected chi connectivity index (χ4v) is 2.57. The molecular formula is C18H22Cl2N2O. The molecule has 0 radical (unpaired) electrons. The summed E-state index contributed by atoms with van der Waals surface area (Å²) in [6.45, 7) is 7.14. The Morgan fingerprint density at radius 3 is 2.57 bits per heavy atom. The molecule has 0 atom stereocenters. The van der Waals surface area contributed by atoms with E-state index in [1.54, 1.807) is 0 Å². The minimum atomic E-state index is 0.233. The number of ether oxygens (including phenoxy) is 1. The lowest BCUT2D eigenvalue weighted by molar-refractivity contribution is 0.0554. The molecule has 2 aromatic rings. The van der Waals surface area contributed by atoms with Gasteiger partial charge in [0.15, 0.2) is 0 Å². The van der Waals surface area contributed by atoms with Crippen molar-refractivity contribution < 1.29 is 4.74 Å². The second kappa shape index (κ2) is 9.24. The molecule has 124 valence electrons. The summed E-state index contributed by atoms with van der Waals surface area (Å²) in [5.74, 6) is 0. The first-order valence-electron chi connectivity index (χ1n) is 7.72. The number of halogens is 2. The first-order valence-corrected chi connectivity index (χ1v) is 8.48. The van der Waals surface area contributed by atoms with Gasteiger partial charge in [0.1, 0.15) is 0 Å². The predicted molar refractivity (Wildman–Crippen MR) is 95.9 cm³/mol. The summed E-state index contributed by atoms with van der Waals surface area (Å²) in [6.07, 6.45) is 2.05. The first kappa shape index (κ1) is 18.2. The molecule has 0 saturated heterocycles. The van der Waals surface area contributed by atoms with Gasteiger partial charge in [-0.05, 0) is 43.7 Å². The maximum absolute atomic E-state index is 6.12. The zero-order valence-electron chi connectivity index (χ0n) is 13.5. The van der Waals surface area contributed by atoms with Crippen LogP contribution in [-0.4, -0.2) is 29.1 Å². The lowest BCUT2D eigenvalue weighted by Gasteiger charge is -2.23. The van der Waals surface area contributed by atoms with Gasteiger partial charge in [-0.25, -0.2) is 0 Å². The largest absolute Gasteiger partial charge is 0.377 e. The van der Waals surface area contributed by atoms with Gasteiger partial charge in [-0.3, -0.25) is 9.88 Å². The molecule has 1 heterocycles. The molecule has 23 heavy (non-hydrogen) atoms. The van der Waals surface area contributed by atoms with Crippen LogP contribution in [0.5, 0.6) is 0 Å². The molecular weight excluding hydrogens is 331 g/mol. The van der Waals surface area contributed by atoms with Gasteiger partial charge in [-0.15, -0.1) is 0 Å². The van der Waals surface area contributed by atoms with Crippen molar-refractivity contribution in [3.63, 3.8) is 0 Å². The van der Waals surface area contributed by atoms with E-state index in [0.717, 1.165) is 30.9 Å². The second-order valence-corrected chi connectivity index (χ2v) is 6.51. The number of rotatable bonds is 8. The van der Waals surface area contributed by atoms with E-state index < -0.39 is 0 Å². The molecule has 0 N–H and O–H groups in total. The van der Waals surface area contributed by atoms with E-state index in [1.165, 1.54) is 0 Å². The van der Waals surface area contributed by atoms with Gasteiger partial charge in [0.05, 0.1) is 28.5 Å². The van der Waals surface area contributed by atoms with E-state index >= 15 is 0 Å². The maximum Gasteiger partial charge on any atom is 0.0597 e. The van der Waals surface area contributed by atoms with Gasteiger partial charge in [-0.1, -0.05) is 35.3 Å². The highest BCUT2D eigenvalue weighted by atomic mass is 35.5. The summed E-state index contributed by atoms with van der Waals surface area (Å²) in [7, 11) is 0. The zero-order valence-corrected chi connectivity index (χ0v) is 15.0. The fourth-order valence-electron chi connectivity index (χ4n) is 2.25. The standard InChI is InChI=1S/C18H22Cl2N2O/c1-14(2)23-10-9-22(13-16-5-3-4-8-21-16)12-15-6-7-17(19)18(20)11-15/h3-8,11,14H,9-10,12-13H2,1-2H3. The molecule has 0 saturated carbocycles. The van der Waals surface area contributed by atoms with Crippen molar-refractivity contribution in [3.8, 4) is 0 Å². The van der Waals surface area contributed by atoms with Crippen LogP contribution in [0.25, 0.3) is 0 Å². The molecule has 2 rings (SSSR count). The summed E-state index contributed by atoms with van der Waals surface area (Å²) in [4.78, 5) is 6.70. The van der Waals surface area contributed by atoms with Gasteiger partial charge in [0.2, 0.25) is 0 Å². The zero-order chi connectivity index (χ0) is 16.7. The van der Waals surface area contributed by atoms with Crippen LogP contribution in [-0.2, 0) is 17.8 Å². The summed E-state index contributed by atoms with van der Waals surface area (Å²) in [5.41, 5.74) is 2.16. The quantitative estimate of drug-likeness (QED) is 0.681. The Hall–Kier alpha value is -1.13. The summed E-state index contributed by atoms with van der Waals surface area (Å²) in [6, 6.07) is 11.7. The van der Waals surface area contributed by atoms with E-state index in [4.69, 9.17) is 27.9 Å². The van der Waals surface area contributed by atoms with E-state index in [2.05, 4.69) is 9.88 Å². The van der Waals surface area contributed by atoms with E-state index in [0.29, 0.717) is 16.7 Å². The molecule has 0 aliphatic rings. The van der Waals surface area contributed by atoms with Crippen molar-refractivity contribution in [1.29, 1.82) is 0 Å². The topological polar surface area (TPSA) is 25.4 Å². The molecule has 5 heteroatoms. The summed E-state index contributed by atoms with van der Waals surface area (Å²) >= 11 is 12.1. The number of aromatic nitrogens is 1. The molecule has 3 nitrogen and oxygen atoms in total. The molecule has 1 aromatic carbocycles. The third kappa shape index (κ3) is 6.48. The van der Waals surface area contributed by atoms with Crippen LogP contribution in [0.3, 0.4) is 0 Å². The number of hydrogen-bond acceptors (Lipinski definition) is 3. The smallest absolute Gasteiger partial charge is 0.0597 e. The van der Waals surface area contributed by atoms with Gasteiger partial charge in [0, 0.05) is 25.8 Å². The molecule has 0 amide bonds. The molecule has 1 aromatic heterocycles. The van der Waals surface area contributed by atoms with Crippen molar-refractivity contribution in [3.05, 3.63) is 63.9 Å². The van der Waals surface area contributed by atoms with Crippen molar-refractivity contribution in [2.45, 2.75) is 33.0 Å². The molecule has 0 aliphatic carbocycles. The summed E-state index contributed by atoms with van der Waals surface area (Å²) in [5, 5.41) is 1.16. The maximum atomic E-state index is 6.12. The predicted octanol–water partition coefficient (Wildman–Crippen LogP) is 4.82. The first-order chi connectivity index (χ1) is 11.0. The van der Waals surface area contributed by atoms with Gasteiger partial charge in [-0.2, -0.15) is 0 Å². The lowest BCUT2D eigenvalue weighted by atomic mass is 10.2. The van der Waals surface area contributed by atoms with Crippen LogP contribution in [0.15, 0.2) is 42.6 Å². The summed E-state index contributed by atoms with van der Waals surface area (Å²) < 4.78 is 5.68. The van der Waals surface area contributed by atoms with Gasteiger partial charge < -0.3 is 4.74 Å².